The van der Waals surface area contributed by atoms with Gasteiger partial charge in [0, 0.05) is 27.3 Å². The minimum absolute atomic E-state index is 0.159. The first-order valence-electron chi connectivity index (χ1n) is 10.1. The second-order valence-corrected chi connectivity index (χ2v) is 8.13. The maximum atomic E-state index is 11.7. The van der Waals surface area contributed by atoms with Gasteiger partial charge in [-0.3, -0.25) is 0 Å². The van der Waals surface area contributed by atoms with Crippen LogP contribution in [0.2, 0.25) is 10.0 Å². The van der Waals surface area contributed by atoms with Crippen molar-refractivity contribution in [2.45, 2.75) is 19.0 Å². The molecule has 0 amide bonds. The van der Waals surface area contributed by atoms with E-state index in [1.165, 1.54) is 5.56 Å². The Bertz CT molecular complexity index is 1180. The second kappa shape index (κ2) is 11.0. The summed E-state index contributed by atoms with van der Waals surface area (Å²) < 4.78 is 0. The molecule has 0 spiro atoms. The van der Waals surface area contributed by atoms with E-state index in [1.54, 1.807) is 18.2 Å². The van der Waals surface area contributed by atoms with E-state index in [1.807, 2.05) is 79.7 Å². The number of anilines is 1. The molecule has 4 aromatic carbocycles. The molecule has 164 valence electrons. The van der Waals surface area contributed by atoms with Crippen LogP contribution in [-0.2, 0) is 4.79 Å². The number of nitrogens with two attached hydrogens (primary N) is 1. The first-order valence-corrected chi connectivity index (χ1v) is 10.8. The molecule has 2 atom stereocenters. The molecular formula is C26H24Cl2N2O2. The van der Waals surface area contributed by atoms with Crippen LogP contribution in [0.5, 0.6) is 0 Å². The third kappa shape index (κ3) is 6.01. The lowest BCUT2D eigenvalue weighted by Crippen LogP contribution is -2.21. The van der Waals surface area contributed by atoms with Crippen molar-refractivity contribution in [3.8, 4) is 0 Å². The number of fused-ring (bicyclic) bond motifs is 1. The van der Waals surface area contributed by atoms with Gasteiger partial charge in [-0.1, -0.05) is 89.9 Å². The molecule has 4 N–H and O–H groups in total. The average Bonchev–Trinajstić information content (AvgIpc) is 2.79. The molecule has 4 rings (SSSR count). The van der Waals surface area contributed by atoms with E-state index < -0.39 is 12.0 Å². The highest BCUT2D eigenvalue weighted by atomic mass is 35.5. The fourth-order valence-electron chi connectivity index (χ4n) is 3.25. The lowest BCUT2D eigenvalue weighted by atomic mass is 10.1. The minimum Gasteiger partial charge on any atom is -0.479 e. The molecule has 2 unspecified atom stereocenters. The van der Waals surface area contributed by atoms with Gasteiger partial charge in [-0.25, -0.2) is 4.79 Å². The van der Waals surface area contributed by atoms with E-state index in [2.05, 4.69) is 5.32 Å². The molecule has 32 heavy (non-hydrogen) atoms. The van der Waals surface area contributed by atoms with Crippen molar-refractivity contribution in [1.29, 1.82) is 0 Å². The van der Waals surface area contributed by atoms with Gasteiger partial charge in [0.2, 0.25) is 0 Å². The van der Waals surface area contributed by atoms with Crippen molar-refractivity contribution in [2.24, 2.45) is 5.73 Å². The van der Waals surface area contributed by atoms with Gasteiger partial charge in [0.25, 0.3) is 0 Å². The number of carbonyl (C=O) groups is 1. The van der Waals surface area contributed by atoms with Gasteiger partial charge in [0.15, 0.2) is 6.04 Å². The number of halogens is 2. The summed E-state index contributed by atoms with van der Waals surface area (Å²) in [6.45, 7) is 1.98. The quantitative estimate of drug-likeness (QED) is 0.293. The van der Waals surface area contributed by atoms with Crippen LogP contribution in [0.3, 0.4) is 0 Å². The van der Waals surface area contributed by atoms with Gasteiger partial charge in [-0.15, -0.1) is 0 Å². The Kier molecular flexibility index (Phi) is 8.12. The van der Waals surface area contributed by atoms with Crippen LogP contribution in [0.25, 0.3) is 10.8 Å². The molecule has 6 heteroatoms. The summed E-state index contributed by atoms with van der Waals surface area (Å²) in [5, 5.41) is 15.3. The number of carboxylic acids is 1. The molecule has 4 nitrogen and oxygen atoms in total. The lowest BCUT2D eigenvalue weighted by Gasteiger charge is -2.19. The number of aliphatic carboxylic acids is 1. The minimum atomic E-state index is -1.05. The van der Waals surface area contributed by atoms with Gasteiger partial charge < -0.3 is 16.2 Å². The third-order valence-electron chi connectivity index (χ3n) is 4.92. The van der Waals surface area contributed by atoms with E-state index in [9.17, 15) is 9.90 Å². The number of nitrogens with one attached hydrogen (secondary N) is 1. The molecule has 0 saturated heterocycles. The Hall–Kier alpha value is -3.05. The van der Waals surface area contributed by atoms with Crippen molar-refractivity contribution in [3.05, 3.63) is 112 Å². The zero-order chi connectivity index (χ0) is 23.1. The topological polar surface area (TPSA) is 75.4 Å². The third-order valence-corrected chi connectivity index (χ3v) is 5.58. The predicted octanol–water partition coefficient (Wildman–Crippen LogP) is 7.09. The molecule has 0 aliphatic carbocycles. The summed E-state index contributed by atoms with van der Waals surface area (Å²) in [7, 11) is 0. The predicted molar refractivity (Wildman–Crippen MR) is 133 cm³/mol. The van der Waals surface area contributed by atoms with Gasteiger partial charge in [-0.2, -0.15) is 0 Å². The highest BCUT2D eigenvalue weighted by Gasteiger charge is 2.24. The van der Waals surface area contributed by atoms with Gasteiger partial charge in [0.05, 0.1) is 0 Å². The number of hydrogen-bond acceptors (Lipinski definition) is 3. The molecule has 0 aromatic heterocycles. The van der Waals surface area contributed by atoms with Crippen molar-refractivity contribution >= 4 is 45.6 Å². The molecule has 0 bridgehead atoms. The average molecular weight is 467 g/mol. The summed E-state index contributed by atoms with van der Waals surface area (Å²) >= 11 is 12.3. The fourth-order valence-corrected chi connectivity index (χ4v) is 3.86. The SMILES string of the molecule is CC(N)c1ccccc1.O=C(O)C(Nc1ccc2ccccc2c1)c1c(Cl)cccc1Cl. The normalized spacial score (nSPS) is 12.4. The Labute approximate surface area is 197 Å². The molecule has 0 aliphatic heterocycles. The summed E-state index contributed by atoms with van der Waals surface area (Å²) in [6, 6.07) is 27.7. The van der Waals surface area contributed by atoms with E-state index in [-0.39, 0.29) is 6.04 Å². The monoisotopic (exact) mass is 466 g/mol. The van der Waals surface area contributed by atoms with E-state index in [0.29, 0.717) is 21.3 Å². The molecular weight excluding hydrogens is 443 g/mol. The lowest BCUT2D eigenvalue weighted by molar-refractivity contribution is -0.138. The van der Waals surface area contributed by atoms with Crippen LogP contribution in [0.4, 0.5) is 5.69 Å². The van der Waals surface area contributed by atoms with Crippen molar-refractivity contribution < 1.29 is 9.90 Å². The van der Waals surface area contributed by atoms with Crippen LogP contribution in [0.1, 0.15) is 30.1 Å². The molecule has 0 fully saturated rings. The zero-order valence-electron chi connectivity index (χ0n) is 17.5. The molecule has 0 saturated carbocycles. The zero-order valence-corrected chi connectivity index (χ0v) is 19.0. The summed E-state index contributed by atoms with van der Waals surface area (Å²) in [4.78, 5) is 11.7. The van der Waals surface area contributed by atoms with Crippen molar-refractivity contribution in [2.75, 3.05) is 5.32 Å². The van der Waals surface area contributed by atoms with Crippen molar-refractivity contribution in [1.82, 2.24) is 0 Å². The number of hydrogen-bond donors (Lipinski definition) is 3. The van der Waals surface area contributed by atoms with Gasteiger partial charge >= 0.3 is 5.97 Å². The van der Waals surface area contributed by atoms with E-state index in [0.717, 1.165) is 10.8 Å². The van der Waals surface area contributed by atoms with E-state index in [4.69, 9.17) is 28.9 Å². The van der Waals surface area contributed by atoms with E-state index >= 15 is 0 Å². The second-order valence-electron chi connectivity index (χ2n) is 7.31. The maximum Gasteiger partial charge on any atom is 0.330 e. The standard InChI is InChI=1S/C18H13Cl2NO2.C8H11N/c19-14-6-3-7-15(20)16(14)17(18(22)23)21-13-9-8-11-4-1-2-5-12(11)10-13;1-7(9)8-5-3-2-4-6-8/h1-10,17,21H,(H,22,23);2-7H,9H2,1H3. The largest absolute Gasteiger partial charge is 0.479 e. The highest BCUT2D eigenvalue weighted by Crippen LogP contribution is 2.33. The van der Waals surface area contributed by atoms with Gasteiger partial charge in [-0.05, 0) is 47.5 Å². The van der Waals surface area contributed by atoms with Crippen LogP contribution in [0, 0.1) is 0 Å². The van der Waals surface area contributed by atoms with Crippen LogP contribution < -0.4 is 11.1 Å². The Morgan fingerprint density at radius 1 is 0.844 bits per heavy atom. The molecule has 4 aromatic rings. The molecule has 0 heterocycles. The summed E-state index contributed by atoms with van der Waals surface area (Å²) in [6.07, 6.45) is 0. The number of carboxylic acid groups (broad SMARTS) is 1. The van der Waals surface area contributed by atoms with Crippen LogP contribution in [0.15, 0.2) is 91.0 Å². The number of benzene rings is 4. The number of rotatable bonds is 5. The van der Waals surface area contributed by atoms with Crippen LogP contribution in [-0.4, -0.2) is 11.1 Å². The molecule has 0 aliphatic rings. The Morgan fingerprint density at radius 3 is 2.00 bits per heavy atom. The maximum absolute atomic E-state index is 11.7. The van der Waals surface area contributed by atoms with Crippen molar-refractivity contribution in [3.63, 3.8) is 0 Å². The summed E-state index contributed by atoms with van der Waals surface area (Å²) in [5.41, 5.74) is 7.85. The highest BCUT2D eigenvalue weighted by molar-refractivity contribution is 6.36. The Balaban J connectivity index is 0.000000269. The first-order chi connectivity index (χ1) is 15.4. The fraction of sp³-hybridized carbons (Fsp3) is 0.115. The first kappa shape index (κ1) is 23.6. The van der Waals surface area contributed by atoms with Crippen LogP contribution >= 0.6 is 23.2 Å². The smallest absolute Gasteiger partial charge is 0.330 e. The van der Waals surface area contributed by atoms with Gasteiger partial charge in [0.1, 0.15) is 0 Å². The summed E-state index contributed by atoms with van der Waals surface area (Å²) in [5.74, 6) is -1.05. The molecule has 0 radical (unpaired) electrons. The Morgan fingerprint density at radius 2 is 1.44 bits per heavy atom.